The molecule has 1 aliphatic carbocycles. The summed E-state index contributed by atoms with van der Waals surface area (Å²) in [7, 11) is 0. The van der Waals surface area contributed by atoms with Gasteiger partial charge in [-0.15, -0.1) is 29.8 Å². The second kappa shape index (κ2) is 15.3. The molecule has 278 valence electrons. The molecular formula is C49H45N3O2Pt. The van der Waals surface area contributed by atoms with Crippen LogP contribution in [0.2, 0.25) is 0 Å². The van der Waals surface area contributed by atoms with E-state index < -0.39 is 0 Å². The van der Waals surface area contributed by atoms with E-state index in [1.54, 1.807) is 0 Å². The average molecular weight is 903 g/mol. The van der Waals surface area contributed by atoms with Crippen LogP contribution >= 0.6 is 0 Å². The molecule has 7 aromatic rings. The summed E-state index contributed by atoms with van der Waals surface area (Å²) in [4.78, 5) is 10.2. The molecule has 0 bridgehead atoms. The van der Waals surface area contributed by atoms with Crippen LogP contribution in [0, 0.1) is 25.0 Å². The van der Waals surface area contributed by atoms with Gasteiger partial charge in [0.1, 0.15) is 17.6 Å². The summed E-state index contributed by atoms with van der Waals surface area (Å²) in [5, 5.41) is 2.28. The minimum absolute atomic E-state index is 0. The second-order valence-corrected chi connectivity index (χ2v) is 16.0. The maximum absolute atomic E-state index is 6.86. The molecule has 55 heavy (non-hydrogen) atoms. The van der Waals surface area contributed by atoms with E-state index in [0.717, 1.165) is 44.5 Å². The first-order valence-corrected chi connectivity index (χ1v) is 19.3. The molecule has 2 aromatic heterocycles. The molecule has 1 saturated carbocycles. The third kappa shape index (κ3) is 7.40. The molecule has 5 nitrogen and oxygen atoms in total. The van der Waals surface area contributed by atoms with Gasteiger partial charge in [0.25, 0.3) is 0 Å². The number of pyridine rings is 1. The molecule has 2 atom stereocenters. The predicted molar refractivity (Wildman–Crippen MR) is 219 cm³/mol. The fourth-order valence-corrected chi connectivity index (χ4v) is 8.26. The van der Waals surface area contributed by atoms with Crippen molar-refractivity contribution in [3.05, 3.63) is 156 Å². The zero-order valence-electron chi connectivity index (χ0n) is 31.8. The van der Waals surface area contributed by atoms with Gasteiger partial charge in [0, 0.05) is 28.5 Å². The normalized spacial score (nSPS) is 17.5. The van der Waals surface area contributed by atoms with E-state index in [0.29, 0.717) is 23.3 Å². The van der Waals surface area contributed by atoms with Crippen LogP contribution in [0.25, 0.3) is 38.8 Å². The Morgan fingerprint density at radius 1 is 0.745 bits per heavy atom. The van der Waals surface area contributed by atoms with Gasteiger partial charge < -0.3 is 14.0 Å². The molecule has 0 N–H and O–H groups in total. The molecule has 0 unspecified atom stereocenters. The number of aromatic nitrogens is 2. The zero-order chi connectivity index (χ0) is 36.8. The van der Waals surface area contributed by atoms with E-state index in [4.69, 9.17) is 19.5 Å². The van der Waals surface area contributed by atoms with Crippen molar-refractivity contribution in [1.82, 2.24) is 9.55 Å². The van der Waals surface area contributed by atoms with Crippen LogP contribution in [0.1, 0.15) is 81.2 Å². The Morgan fingerprint density at radius 3 is 2.25 bits per heavy atom. The topological polar surface area (TPSA) is 48.6 Å². The smallest absolute Gasteiger partial charge is 0.510 e. The maximum atomic E-state index is 6.86. The second-order valence-electron chi connectivity index (χ2n) is 16.0. The zero-order valence-corrected chi connectivity index (χ0v) is 34.1. The molecule has 9 rings (SSSR count). The Labute approximate surface area is 338 Å². The molecule has 3 heterocycles. The van der Waals surface area contributed by atoms with Crippen molar-refractivity contribution in [2.24, 2.45) is 10.9 Å². The van der Waals surface area contributed by atoms with E-state index in [-0.39, 0.29) is 38.6 Å². The molecule has 6 heteroatoms. The van der Waals surface area contributed by atoms with Crippen LogP contribution in [0.15, 0.2) is 126 Å². The van der Waals surface area contributed by atoms with Crippen LogP contribution in [0.4, 0.5) is 0 Å². The Balaban J connectivity index is 0.00000427. The van der Waals surface area contributed by atoms with Crippen molar-refractivity contribution in [1.29, 1.82) is 0 Å². The van der Waals surface area contributed by atoms with Gasteiger partial charge in [-0.2, -0.15) is 0 Å². The number of fused-ring (bicyclic) bond motifs is 3. The Morgan fingerprint density at radius 2 is 1.49 bits per heavy atom. The standard InChI is InChI=1S/C49H45N3O2.Pt/c1-32-22-23-44-43(25-32)42-21-14-24-50-47(42)52(44)39-29-38(49(2,3)4)30-41(31-39)53-40-27-36(33-15-8-5-9-16-33)26-37(28-40)48-51-45(34-17-10-6-11-18-34)46(54-48)35-19-12-7-13-20-35;/h5,7-9,12-16,19-27,29-30,34,45-46H,6,10-11,17-18H2,1-4H3;/q-2;+2/t45-,46-;/m1./s1. The van der Waals surface area contributed by atoms with Crippen molar-refractivity contribution in [2.45, 2.75) is 77.4 Å². The molecule has 0 amide bonds. The molecule has 0 saturated heterocycles. The van der Waals surface area contributed by atoms with E-state index in [2.05, 4.69) is 148 Å². The third-order valence-corrected chi connectivity index (χ3v) is 11.1. The van der Waals surface area contributed by atoms with Crippen LogP contribution in [0.3, 0.4) is 0 Å². The maximum Gasteiger partial charge on any atom is 2.00 e. The first-order valence-electron chi connectivity index (χ1n) is 19.3. The summed E-state index contributed by atoms with van der Waals surface area (Å²) >= 11 is 0. The minimum Gasteiger partial charge on any atom is -0.510 e. The van der Waals surface area contributed by atoms with Gasteiger partial charge >= 0.3 is 21.1 Å². The number of nitrogens with zero attached hydrogens (tertiary/aromatic N) is 3. The van der Waals surface area contributed by atoms with Crippen molar-refractivity contribution in [3.8, 4) is 28.3 Å². The summed E-state index contributed by atoms with van der Waals surface area (Å²) in [6.45, 7) is 8.81. The molecule has 2 aliphatic rings. The Kier molecular flexibility index (Phi) is 10.3. The van der Waals surface area contributed by atoms with E-state index >= 15 is 0 Å². The summed E-state index contributed by atoms with van der Waals surface area (Å²) in [5.74, 6) is 2.31. The fraction of sp³-hybridized carbons (Fsp3) is 0.265. The van der Waals surface area contributed by atoms with Crippen LogP contribution < -0.4 is 4.74 Å². The third-order valence-electron chi connectivity index (χ3n) is 11.1. The van der Waals surface area contributed by atoms with E-state index in [1.165, 1.54) is 48.6 Å². The predicted octanol–water partition coefficient (Wildman–Crippen LogP) is 12.3. The van der Waals surface area contributed by atoms with Crippen molar-refractivity contribution < 1.29 is 30.5 Å². The molecular weight excluding hydrogens is 858 g/mol. The van der Waals surface area contributed by atoms with Gasteiger partial charge in [0.05, 0.1) is 11.6 Å². The first kappa shape index (κ1) is 37.0. The van der Waals surface area contributed by atoms with Gasteiger partial charge in [0.2, 0.25) is 0 Å². The summed E-state index contributed by atoms with van der Waals surface area (Å²) < 4.78 is 15.9. The summed E-state index contributed by atoms with van der Waals surface area (Å²) in [6.07, 6.45) is 7.88. The molecule has 1 fully saturated rings. The van der Waals surface area contributed by atoms with Gasteiger partial charge in [-0.1, -0.05) is 141 Å². The number of hydrogen-bond acceptors (Lipinski definition) is 4. The van der Waals surface area contributed by atoms with Crippen molar-refractivity contribution in [2.75, 3.05) is 0 Å². The minimum atomic E-state index is -0.154. The first-order chi connectivity index (χ1) is 26.3. The van der Waals surface area contributed by atoms with Crippen molar-refractivity contribution in [3.63, 3.8) is 0 Å². The quantitative estimate of drug-likeness (QED) is 0.150. The Hall–Kier alpha value is -4.99. The van der Waals surface area contributed by atoms with Gasteiger partial charge in [0.15, 0.2) is 0 Å². The Bertz CT molecular complexity index is 2490. The van der Waals surface area contributed by atoms with Gasteiger partial charge in [-0.3, -0.25) is 4.99 Å². The summed E-state index contributed by atoms with van der Waals surface area (Å²) in [5.41, 5.74) is 9.09. The molecule has 1 aliphatic heterocycles. The largest absolute Gasteiger partial charge is 2.00 e. The SMILES string of the molecule is Cc1ccc2c(c1)c1cccnc1n2-c1[c-]c(Oc2[c-]c(C3=N[C@H](C4CCCCC4)[C@@H](c4ccccc4)O3)cc(-c3ccccc3)c2)cc(C(C)(C)C)c1.[Pt+2]. The number of rotatable bonds is 7. The van der Waals surface area contributed by atoms with E-state index in [1.807, 2.05) is 18.3 Å². The number of aliphatic imine (C=N–C) groups is 1. The van der Waals surface area contributed by atoms with Crippen LogP contribution in [-0.2, 0) is 31.2 Å². The molecule has 0 radical (unpaired) electrons. The number of benzene rings is 5. The number of ether oxygens (including phenoxy) is 2. The molecule has 5 aromatic carbocycles. The number of hydrogen-bond donors (Lipinski definition) is 0. The average Bonchev–Trinajstić information content (AvgIpc) is 3.79. The van der Waals surface area contributed by atoms with Crippen LogP contribution in [0.5, 0.6) is 11.5 Å². The van der Waals surface area contributed by atoms with Gasteiger partial charge in [-0.05, 0) is 66.5 Å². The fourth-order valence-electron chi connectivity index (χ4n) is 8.26. The van der Waals surface area contributed by atoms with Crippen molar-refractivity contribution >= 4 is 27.8 Å². The summed E-state index contributed by atoms with van der Waals surface area (Å²) in [6, 6.07) is 47.6. The van der Waals surface area contributed by atoms with E-state index in [9.17, 15) is 0 Å². The molecule has 0 spiro atoms. The monoisotopic (exact) mass is 902 g/mol. The van der Waals surface area contributed by atoms with Gasteiger partial charge in [-0.25, -0.2) is 4.98 Å². The van der Waals surface area contributed by atoms with Crippen LogP contribution in [-0.4, -0.2) is 21.5 Å². The number of aryl methyl sites for hydroxylation is 1.